The summed E-state index contributed by atoms with van der Waals surface area (Å²) >= 11 is 0. The van der Waals surface area contributed by atoms with E-state index in [9.17, 15) is 29.1 Å². The van der Waals surface area contributed by atoms with Crippen LogP contribution < -0.4 is 38.9 Å². The van der Waals surface area contributed by atoms with Gasteiger partial charge in [-0.25, -0.2) is 4.79 Å². The summed E-state index contributed by atoms with van der Waals surface area (Å²) in [6.07, 6.45) is 3.48. The molecule has 0 aliphatic heterocycles. The quantitative estimate of drug-likeness (QED) is 0.0373. The van der Waals surface area contributed by atoms with Gasteiger partial charge in [-0.3, -0.25) is 24.2 Å². The molecule has 0 aliphatic rings. The average Bonchev–Trinajstić information content (AvgIpc) is 3.67. The maximum atomic E-state index is 13.8. The third-order valence-electron chi connectivity index (χ3n) is 8.06. The van der Waals surface area contributed by atoms with Crippen LogP contribution in [0.25, 0.3) is 21.8 Å². The number of carbonyl (C=O) groups is 5. The lowest BCUT2D eigenvalue weighted by atomic mass is 10.0. The van der Waals surface area contributed by atoms with Crippen LogP contribution in [-0.4, -0.2) is 81.3 Å². The van der Waals surface area contributed by atoms with E-state index in [0.29, 0.717) is 12.0 Å². The zero-order chi connectivity index (χ0) is 35.5. The van der Waals surface area contributed by atoms with E-state index in [0.717, 1.165) is 27.4 Å². The zero-order valence-corrected chi connectivity index (χ0v) is 26.8. The number of aromatic amines is 2. The normalized spacial score (nSPS) is 13.6. The fraction of sp³-hybridized carbons (Fsp3) is 0.333. The molecule has 2 heterocycles. The second-order valence-electron chi connectivity index (χ2n) is 11.7. The van der Waals surface area contributed by atoms with Gasteiger partial charge in [-0.15, -0.1) is 0 Å². The van der Waals surface area contributed by atoms with Crippen LogP contribution in [0.5, 0.6) is 0 Å². The molecule has 0 saturated carbocycles. The fourth-order valence-electron chi connectivity index (χ4n) is 5.50. The molecule has 2 aromatic heterocycles. The lowest BCUT2D eigenvalue weighted by molar-refractivity contribution is -0.142. The number of nitrogens with zero attached hydrogens (tertiary/aromatic N) is 1. The highest BCUT2D eigenvalue weighted by atomic mass is 16.4. The molecule has 49 heavy (non-hydrogen) atoms. The van der Waals surface area contributed by atoms with Crippen LogP contribution in [0.2, 0.25) is 0 Å². The summed E-state index contributed by atoms with van der Waals surface area (Å²) in [6, 6.07) is 10.0. The summed E-state index contributed by atoms with van der Waals surface area (Å²) in [6.45, 7) is 0.169. The highest BCUT2D eigenvalue weighted by Crippen LogP contribution is 2.20. The smallest absolute Gasteiger partial charge is 0.326 e. The van der Waals surface area contributed by atoms with E-state index in [4.69, 9.17) is 22.9 Å². The third kappa shape index (κ3) is 10.0. The number of nitrogens with one attached hydrogen (secondary N) is 5. The topological polar surface area (TPSA) is 290 Å². The Balaban J connectivity index is 1.55. The minimum Gasteiger partial charge on any atom is -0.480 e. The van der Waals surface area contributed by atoms with Gasteiger partial charge in [-0.2, -0.15) is 0 Å². The first-order valence-electron chi connectivity index (χ1n) is 15.8. The van der Waals surface area contributed by atoms with E-state index in [1.807, 2.05) is 48.5 Å². The minimum absolute atomic E-state index is 0.0293. The molecule has 0 fully saturated rings. The number of para-hydroxylation sites is 2. The third-order valence-corrected chi connectivity index (χ3v) is 8.06. The molecular formula is C33H42N10O6. The van der Waals surface area contributed by atoms with E-state index in [1.165, 1.54) is 0 Å². The van der Waals surface area contributed by atoms with Crippen molar-refractivity contribution in [3.05, 3.63) is 72.1 Å². The van der Waals surface area contributed by atoms with Crippen molar-refractivity contribution >= 4 is 57.4 Å². The number of hydrogen-bond acceptors (Lipinski definition) is 7. The highest BCUT2D eigenvalue weighted by molar-refractivity contribution is 5.95. The van der Waals surface area contributed by atoms with Gasteiger partial charge in [0.05, 0.1) is 6.04 Å². The summed E-state index contributed by atoms with van der Waals surface area (Å²) in [7, 11) is 0. The Morgan fingerprint density at radius 3 is 1.82 bits per heavy atom. The number of primary amides is 1. The predicted octanol–water partition coefficient (Wildman–Crippen LogP) is -0.380. The fourth-order valence-corrected chi connectivity index (χ4v) is 5.50. The predicted molar refractivity (Wildman–Crippen MR) is 184 cm³/mol. The minimum atomic E-state index is -1.44. The van der Waals surface area contributed by atoms with Crippen LogP contribution in [0.3, 0.4) is 0 Å². The van der Waals surface area contributed by atoms with Gasteiger partial charge in [0.1, 0.15) is 18.1 Å². The van der Waals surface area contributed by atoms with Crippen molar-refractivity contribution in [2.45, 2.75) is 62.7 Å². The number of amides is 4. The van der Waals surface area contributed by atoms with Crippen LogP contribution in [-0.2, 0) is 36.8 Å². The number of rotatable bonds is 18. The lowest BCUT2D eigenvalue weighted by Crippen LogP contribution is -2.57. The summed E-state index contributed by atoms with van der Waals surface area (Å²) in [4.78, 5) is 74.2. The second-order valence-corrected chi connectivity index (χ2v) is 11.7. The van der Waals surface area contributed by atoms with E-state index in [2.05, 4.69) is 30.9 Å². The number of aliphatic carboxylic acids is 1. The van der Waals surface area contributed by atoms with E-state index in [-0.39, 0.29) is 44.6 Å². The molecular weight excluding hydrogens is 632 g/mol. The van der Waals surface area contributed by atoms with Crippen molar-refractivity contribution in [1.29, 1.82) is 0 Å². The molecule has 4 amide bonds. The molecule has 16 nitrogen and oxygen atoms in total. The molecule has 4 unspecified atom stereocenters. The first-order valence-corrected chi connectivity index (χ1v) is 15.8. The van der Waals surface area contributed by atoms with Gasteiger partial charge in [0.2, 0.25) is 23.6 Å². The number of aromatic nitrogens is 2. The van der Waals surface area contributed by atoms with Gasteiger partial charge in [0.15, 0.2) is 5.96 Å². The van der Waals surface area contributed by atoms with E-state index >= 15 is 0 Å². The number of aliphatic imine (C=N–C) groups is 1. The SMILES string of the molecule is NC(=O)CCC(NC(=O)C(Cc1c[nH]c2ccccc12)NC(=O)C(CCCN=C(N)N)NC(=O)C(N)Cc1c[nH]c2ccccc12)C(=O)O. The number of nitrogens with two attached hydrogens (primary N) is 4. The number of carboxylic acids is 1. The summed E-state index contributed by atoms with van der Waals surface area (Å²) in [5.74, 6) is -4.35. The van der Waals surface area contributed by atoms with Crippen LogP contribution in [0, 0.1) is 0 Å². The van der Waals surface area contributed by atoms with Crippen molar-refractivity contribution in [2.24, 2.45) is 27.9 Å². The van der Waals surface area contributed by atoms with Crippen LogP contribution >= 0.6 is 0 Å². The molecule has 2 aromatic carbocycles. The Bertz CT molecular complexity index is 1830. The maximum absolute atomic E-state index is 13.8. The number of guanidine groups is 1. The van der Waals surface area contributed by atoms with Crippen LogP contribution in [0.15, 0.2) is 65.9 Å². The monoisotopic (exact) mass is 674 g/mol. The van der Waals surface area contributed by atoms with E-state index < -0.39 is 53.8 Å². The largest absolute Gasteiger partial charge is 0.480 e. The average molecular weight is 675 g/mol. The highest BCUT2D eigenvalue weighted by Gasteiger charge is 2.31. The molecule has 4 rings (SSSR count). The van der Waals surface area contributed by atoms with Crippen LogP contribution in [0.4, 0.5) is 0 Å². The van der Waals surface area contributed by atoms with Gasteiger partial charge < -0.3 is 54.0 Å². The molecule has 0 radical (unpaired) electrons. The zero-order valence-electron chi connectivity index (χ0n) is 26.8. The Kier molecular flexibility index (Phi) is 12.3. The van der Waals surface area contributed by atoms with Gasteiger partial charge in [0, 0.05) is 53.6 Å². The van der Waals surface area contributed by atoms with Crippen molar-refractivity contribution in [1.82, 2.24) is 25.9 Å². The number of carboxylic acid groups (broad SMARTS) is 1. The molecule has 14 N–H and O–H groups in total. The van der Waals surface area contributed by atoms with Crippen LogP contribution in [0.1, 0.15) is 36.8 Å². The number of benzene rings is 2. The Hall–Kier alpha value is -5.90. The number of fused-ring (bicyclic) bond motifs is 2. The standard InChI is InChI=1S/C33H42N10O6/c34-22(14-18-16-39-23-8-3-1-6-20(18)23)29(45)41-25(10-5-13-38-33(36)37)30(46)43-27(15-19-17-40-24-9-4-2-7-21(19)24)31(47)42-26(32(48)49)11-12-28(35)44/h1-4,6-9,16-17,22,25-27,39-40H,5,10-15,34H2,(H2,35,44)(H,41,45)(H,42,47)(H,43,46)(H,48,49)(H4,36,37,38). The summed E-state index contributed by atoms with van der Waals surface area (Å²) in [5, 5.41) is 19.2. The van der Waals surface area contributed by atoms with Gasteiger partial charge in [-0.05, 0) is 48.9 Å². The van der Waals surface area contributed by atoms with Crippen molar-refractivity contribution in [2.75, 3.05) is 6.54 Å². The molecule has 0 aliphatic carbocycles. The molecule has 0 spiro atoms. The van der Waals surface area contributed by atoms with Crippen molar-refractivity contribution in [3.63, 3.8) is 0 Å². The number of hydrogen-bond donors (Lipinski definition) is 10. The van der Waals surface area contributed by atoms with Gasteiger partial charge in [0.25, 0.3) is 0 Å². The molecule has 16 heteroatoms. The maximum Gasteiger partial charge on any atom is 0.326 e. The molecule has 0 saturated heterocycles. The first kappa shape index (κ1) is 35.9. The van der Waals surface area contributed by atoms with Gasteiger partial charge in [-0.1, -0.05) is 36.4 Å². The Morgan fingerprint density at radius 2 is 1.24 bits per heavy atom. The summed E-state index contributed by atoms with van der Waals surface area (Å²) < 4.78 is 0. The second kappa shape index (κ2) is 16.8. The van der Waals surface area contributed by atoms with E-state index in [1.54, 1.807) is 12.4 Å². The molecule has 0 bridgehead atoms. The Labute approximate surface area is 281 Å². The number of H-pyrrole nitrogens is 2. The lowest BCUT2D eigenvalue weighted by Gasteiger charge is -2.25. The first-order chi connectivity index (χ1) is 23.4. The van der Waals surface area contributed by atoms with Crippen molar-refractivity contribution in [3.8, 4) is 0 Å². The summed E-state index contributed by atoms with van der Waals surface area (Å²) in [5.41, 5.74) is 25.6. The molecule has 4 aromatic rings. The van der Waals surface area contributed by atoms with Gasteiger partial charge >= 0.3 is 5.97 Å². The van der Waals surface area contributed by atoms with Crippen molar-refractivity contribution < 1.29 is 29.1 Å². The number of carbonyl (C=O) groups excluding carboxylic acids is 4. The molecule has 260 valence electrons. The molecule has 4 atom stereocenters. The Morgan fingerprint density at radius 1 is 0.714 bits per heavy atom.